The van der Waals surface area contributed by atoms with E-state index in [1.165, 1.54) is 5.56 Å². The fraction of sp³-hybridized carbons (Fsp3) is 0.375. The number of benzene rings is 2. The number of carboxylic acid groups (broad SMARTS) is 1. The Morgan fingerprint density at radius 2 is 1.75 bits per heavy atom. The van der Waals surface area contributed by atoms with Gasteiger partial charge in [-0.2, -0.15) is 0 Å². The van der Waals surface area contributed by atoms with Crippen LogP contribution in [0.15, 0.2) is 42.5 Å². The van der Waals surface area contributed by atoms with E-state index in [0.29, 0.717) is 43.4 Å². The summed E-state index contributed by atoms with van der Waals surface area (Å²) in [5.74, 6) is -0.378. The Morgan fingerprint density at radius 3 is 2.44 bits per heavy atom. The van der Waals surface area contributed by atoms with Gasteiger partial charge in [-0.05, 0) is 60.6 Å². The molecular formula is C24H28ClN3O4. The maximum atomic E-state index is 12.7. The first-order valence-electron chi connectivity index (χ1n) is 10.7. The minimum atomic E-state index is -0.761. The number of hydrogen-bond acceptors (Lipinski definition) is 4. The van der Waals surface area contributed by atoms with Gasteiger partial charge in [-0.1, -0.05) is 18.2 Å². The van der Waals surface area contributed by atoms with Crippen LogP contribution >= 0.6 is 12.4 Å². The van der Waals surface area contributed by atoms with Crippen molar-refractivity contribution in [1.29, 1.82) is 5.41 Å². The van der Waals surface area contributed by atoms with Gasteiger partial charge in [0, 0.05) is 36.3 Å². The second kappa shape index (κ2) is 10.6. The van der Waals surface area contributed by atoms with Crippen molar-refractivity contribution >= 4 is 35.8 Å². The highest BCUT2D eigenvalue weighted by molar-refractivity contribution is 6.05. The number of carbonyl (C=O) groups is 2. The number of morpholine rings is 1. The Balaban J connectivity index is 0.00000289. The maximum Gasteiger partial charge on any atom is 0.303 e. The molecule has 2 aliphatic rings. The van der Waals surface area contributed by atoms with Gasteiger partial charge >= 0.3 is 5.97 Å². The Labute approximate surface area is 193 Å². The molecule has 0 bridgehead atoms. The van der Waals surface area contributed by atoms with Crippen LogP contribution in [-0.4, -0.2) is 54.0 Å². The van der Waals surface area contributed by atoms with Crippen molar-refractivity contribution < 1.29 is 19.4 Å². The third kappa shape index (κ3) is 5.66. The second-order valence-corrected chi connectivity index (χ2v) is 8.17. The molecule has 0 aromatic heterocycles. The van der Waals surface area contributed by atoms with Crippen molar-refractivity contribution in [1.82, 2.24) is 4.90 Å². The number of halogens is 1. The Kier molecular flexibility index (Phi) is 7.88. The van der Waals surface area contributed by atoms with E-state index in [1.807, 2.05) is 23.1 Å². The number of aliphatic carboxylic acids is 1. The van der Waals surface area contributed by atoms with Crippen LogP contribution in [0.5, 0.6) is 0 Å². The normalized spacial score (nSPS) is 17.6. The number of fused-ring (bicyclic) bond motifs is 1. The van der Waals surface area contributed by atoms with Crippen LogP contribution in [0.25, 0.3) is 0 Å². The summed E-state index contributed by atoms with van der Waals surface area (Å²) < 4.78 is 5.33. The van der Waals surface area contributed by atoms with Crippen molar-refractivity contribution in [3.8, 4) is 0 Å². The number of nitrogens with zero attached hydrogens (tertiary/aromatic N) is 1. The average Bonchev–Trinajstić information content (AvgIpc) is 2.78. The third-order valence-electron chi connectivity index (χ3n) is 6.01. The molecule has 1 saturated heterocycles. The Bertz CT molecular complexity index is 987. The number of rotatable bonds is 5. The van der Waals surface area contributed by atoms with Crippen molar-refractivity contribution in [3.63, 3.8) is 0 Å². The first-order chi connectivity index (χ1) is 15.0. The summed E-state index contributed by atoms with van der Waals surface area (Å²) in [6.07, 6.45) is 2.67. The third-order valence-corrected chi connectivity index (χ3v) is 6.01. The summed E-state index contributed by atoms with van der Waals surface area (Å²) >= 11 is 0. The van der Waals surface area contributed by atoms with Gasteiger partial charge in [0.05, 0.1) is 13.2 Å². The van der Waals surface area contributed by atoms with Crippen molar-refractivity contribution in [2.45, 2.75) is 25.7 Å². The van der Waals surface area contributed by atoms with Gasteiger partial charge < -0.3 is 20.1 Å². The molecule has 32 heavy (non-hydrogen) atoms. The van der Waals surface area contributed by atoms with Gasteiger partial charge in [-0.15, -0.1) is 12.4 Å². The SMILES string of the molecule is Cl.N=C(c1ccc(C(=O)Nc2ccc3c(c2)CC(CC(=O)O)CC3)cc1)N1CCOCC1. The predicted octanol–water partition coefficient (Wildman–Crippen LogP) is 3.60. The van der Waals surface area contributed by atoms with Gasteiger partial charge in [0.2, 0.25) is 0 Å². The molecule has 0 spiro atoms. The van der Waals surface area contributed by atoms with E-state index < -0.39 is 5.97 Å². The van der Waals surface area contributed by atoms with E-state index in [4.69, 9.17) is 15.3 Å². The summed E-state index contributed by atoms with van der Waals surface area (Å²) in [5.41, 5.74) is 4.36. The van der Waals surface area contributed by atoms with Gasteiger partial charge in [-0.25, -0.2) is 0 Å². The number of amides is 1. The molecule has 1 aliphatic carbocycles. The average molecular weight is 458 g/mol. The zero-order valence-corrected chi connectivity index (χ0v) is 18.6. The van der Waals surface area contributed by atoms with E-state index in [0.717, 1.165) is 30.4 Å². The van der Waals surface area contributed by atoms with Gasteiger partial charge in [0.15, 0.2) is 0 Å². The highest BCUT2D eigenvalue weighted by atomic mass is 35.5. The molecule has 2 aromatic rings. The molecular weight excluding hydrogens is 430 g/mol. The fourth-order valence-electron chi connectivity index (χ4n) is 4.28. The smallest absolute Gasteiger partial charge is 0.303 e. The van der Waals surface area contributed by atoms with E-state index in [1.54, 1.807) is 24.3 Å². The number of carboxylic acids is 1. The lowest BCUT2D eigenvalue weighted by Crippen LogP contribution is -2.40. The molecule has 170 valence electrons. The zero-order chi connectivity index (χ0) is 21.8. The zero-order valence-electron chi connectivity index (χ0n) is 17.8. The quantitative estimate of drug-likeness (QED) is 0.470. The highest BCUT2D eigenvalue weighted by Gasteiger charge is 2.21. The number of nitrogens with one attached hydrogen (secondary N) is 2. The first kappa shape index (κ1) is 23.8. The monoisotopic (exact) mass is 457 g/mol. The van der Waals surface area contributed by atoms with Crippen LogP contribution in [0.2, 0.25) is 0 Å². The molecule has 7 nitrogen and oxygen atoms in total. The van der Waals surface area contributed by atoms with Crippen LogP contribution in [0.4, 0.5) is 5.69 Å². The fourth-order valence-corrected chi connectivity index (χ4v) is 4.28. The summed E-state index contributed by atoms with van der Waals surface area (Å²) in [6, 6.07) is 13.0. The summed E-state index contributed by atoms with van der Waals surface area (Å²) in [5, 5.41) is 20.4. The number of carbonyl (C=O) groups excluding carboxylic acids is 1. The first-order valence-corrected chi connectivity index (χ1v) is 10.7. The molecule has 3 N–H and O–H groups in total. The summed E-state index contributed by atoms with van der Waals surface area (Å²) in [4.78, 5) is 25.7. The van der Waals surface area contributed by atoms with E-state index in [9.17, 15) is 9.59 Å². The van der Waals surface area contributed by atoms with Crippen LogP contribution in [0.1, 0.15) is 39.9 Å². The lowest BCUT2D eigenvalue weighted by Gasteiger charge is -2.29. The molecule has 1 aliphatic heterocycles. The number of aryl methyl sites for hydroxylation is 1. The molecule has 1 heterocycles. The molecule has 4 rings (SSSR count). The van der Waals surface area contributed by atoms with Crippen molar-refractivity contribution in [2.24, 2.45) is 5.92 Å². The number of ether oxygens (including phenoxy) is 1. The standard InChI is InChI=1S/C24H27N3O4.ClH/c25-23(27-9-11-31-12-10-27)18-3-5-19(6-4-18)24(30)26-21-8-7-17-2-1-16(14-22(28)29)13-20(17)15-21;/h3-8,15-16,25H,1-2,9-14H2,(H,26,30)(H,28,29);1H. The van der Waals surface area contributed by atoms with E-state index in [-0.39, 0.29) is 30.7 Å². The number of anilines is 1. The van der Waals surface area contributed by atoms with E-state index in [2.05, 4.69) is 5.32 Å². The lowest BCUT2D eigenvalue weighted by atomic mass is 9.82. The van der Waals surface area contributed by atoms with Gasteiger partial charge in [-0.3, -0.25) is 15.0 Å². The molecule has 1 amide bonds. The molecule has 1 atom stereocenters. The largest absolute Gasteiger partial charge is 0.481 e. The number of hydrogen-bond donors (Lipinski definition) is 3. The minimum absolute atomic E-state index is 0. The van der Waals surface area contributed by atoms with E-state index >= 15 is 0 Å². The maximum absolute atomic E-state index is 12.7. The Morgan fingerprint density at radius 1 is 1.06 bits per heavy atom. The molecule has 0 saturated carbocycles. The molecule has 1 fully saturated rings. The van der Waals surface area contributed by atoms with Crippen LogP contribution in [0, 0.1) is 11.3 Å². The highest BCUT2D eigenvalue weighted by Crippen LogP contribution is 2.29. The van der Waals surface area contributed by atoms with Crippen LogP contribution in [0.3, 0.4) is 0 Å². The predicted molar refractivity (Wildman–Crippen MR) is 125 cm³/mol. The Hall–Kier alpha value is -2.90. The minimum Gasteiger partial charge on any atom is -0.481 e. The van der Waals surface area contributed by atoms with Gasteiger partial charge in [0.25, 0.3) is 5.91 Å². The molecule has 1 unspecified atom stereocenters. The summed E-state index contributed by atoms with van der Waals surface area (Å²) in [6.45, 7) is 2.65. The lowest BCUT2D eigenvalue weighted by molar-refractivity contribution is -0.138. The van der Waals surface area contributed by atoms with Gasteiger partial charge in [0.1, 0.15) is 5.84 Å². The summed E-state index contributed by atoms with van der Waals surface area (Å²) in [7, 11) is 0. The van der Waals surface area contributed by atoms with Crippen molar-refractivity contribution in [3.05, 3.63) is 64.7 Å². The molecule has 8 heteroatoms. The molecule has 0 radical (unpaired) electrons. The van der Waals surface area contributed by atoms with Crippen LogP contribution < -0.4 is 5.32 Å². The van der Waals surface area contributed by atoms with Crippen LogP contribution in [-0.2, 0) is 22.4 Å². The molecule has 2 aromatic carbocycles. The number of amidine groups is 1. The van der Waals surface area contributed by atoms with Crippen molar-refractivity contribution in [2.75, 3.05) is 31.6 Å². The topological polar surface area (TPSA) is 103 Å². The second-order valence-electron chi connectivity index (χ2n) is 8.17.